The topological polar surface area (TPSA) is 108 Å². The highest BCUT2D eigenvalue weighted by atomic mass is 32.2. The van der Waals surface area contributed by atoms with Gasteiger partial charge in [-0.05, 0) is 18.6 Å². The summed E-state index contributed by atoms with van der Waals surface area (Å²) >= 11 is 1.08. The van der Waals surface area contributed by atoms with Crippen LogP contribution < -0.4 is 4.72 Å². The van der Waals surface area contributed by atoms with Crippen LogP contribution in [-0.2, 0) is 23.1 Å². The quantitative estimate of drug-likeness (QED) is 0.706. The van der Waals surface area contributed by atoms with Gasteiger partial charge >= 0.3 is 0 Å². The molecule has 7 nitrogen and oxygen atoms in total. The monoisotopic (exact) mass is 302 g/mol. The normalized spacial score (nSPS) is 11.9. The van der Waals surface area contributed by atoms with E-state index in [1.165, 1.54) is 6.33 Å². The van der Waals surface area contributed by atoms with Crippen LogP contribution in [0.15, 0.2) is 16.6 Å². The lowest BCUT2D eigenvalue weighted by Gasteiger charge is -2.02. The maximum Gasteiger partial charge on any atom is 0.250 e. The molecule has 3 N–H and O–H groups in total. The van der Waals surface area contributed by atoms with Gasteiger partial charge in [0.1, 0.15) is 16.4 Å². The Morgan fingerprint density at radius 1 is 1.53 bits per heavy atom. The molecule has 19 heavy (non-hydrogen) atoms. The number of aromatic amines is 1. The predicted octanol–water partition coefficient (Wildman–Crippen LogP) is 0.188. The maximum absolute atomic E-state index is 12.0. The number of sulfonamides is 1. The zero-order valence-corrected chi connectivity index (χ0v) is 11.9. The summed E-state index contributed by atoms with van der Waals surface area (Å²) in [6.45, 7) is 1.86. The minimum Gasteiger partial charge on any atom is -0.391 e. The third-order valence-electron chi connectivity index (χ3n) is 2.53. The van der Waals surface area contributed by atoms with Gasteiger partial charge in [-0.2, -0.15) is 5.10 Å². The minimum atomic E-state index is -3.53. The van der Waals surface area contributed by atoms with Crippen LogP contribution in [0, 0.1) is 6.92 Å². The van der Waals surface area contributed by atoms with Crippen molar-refractivity contribution in [2.45, 2.75) is 24.2 Å². The first kappa shape index (κ1) is 14.1. The Morgan fingerprint density at radius 3 is 2.89 bits per heavy atom. The van der Waals surface area contributed by atoms with E-state index in [2.05, 4.69) is 19.9 Å². The molecule has 0 fully saturated rings. The predicted molar refractivity (Wildman–Crippen MR) is 70.3 cm³/mol. The molecular formula is C10H14N4O3S2. The van der Waals surface area contributed by atoms with E-state index in [9.17, 15) is 8.42 Å². The molecule has 0 spiro atoms. The van der Waals surface area contributed by atoms with E-state index in [0.717, 1.165) is 16.9 Å². The summed E-state index contributed by atoms with van der Waals surface area (Å²) in [5.41, 5.74) is 0.781. The molecule has 0 aliphatic rings. The molecule has 0 saturated heterocycles. The van der Waals surface area contributed by atoms with Crippen molar-refractivity contribution in [2.24, 2.45) is 0 Å². The van der Waals surface area contributed by atoms with Crippen LogP contribution in [0.5, 0.6) is 0 Å². The third-order valence-corrected chi connectivity index (χ3v) is 5.68. The average molecular weight is 302 g/mol. The molecule has 0 bridgehead atoms. The smallest absolute Gasteiger partial charge is 0.250 e. The number of rotatable bonds is 6. The lowest BCUT2D eigenvalue weighted by Crippen LogP contribution is -2.25. The molecule has 0 atom stereocenters. The van der Waals surface area contributed by atoms with Crippen molar-refractivity contribution < 1.29 is 13.5 Å². The first-order valence-corrected chi connectivity index (χ1v) is 7.87. The number of nitrogens with one attached hydrogen (secondary N) is 2. The lowest BCUT2D eigenvalue weighted by molar-refractivity contribution is 0.285. The van der Waals surface area contributed by atoms with E-state index in [1.807, 2.05) is 0 Å². The van der Waals surface area contributed by atoms with Crippen LogP contribution in [0.4, 0.5) is 0 Å². The van der Waals surface area contributed by atoms with Gasteiger partial charge in [-0.1, -0.05) is 0 Å². The van der Waals surface area contributed by atoms with Crippen LogP contribution >= 0.6 is 11.3 Å². The summed E-state index contributed by atoms with van der Waals surface area (Å²) in [6, 6.07) is 1.56. The number of aryl methyl sites for hydroxylation is 1. The molecule has 104 valence electrons. The molecule has 0 aliphatic heterocycles. The number of aliphatic hydroxyl groups is 1. The number of H-pyrrole nitrogens is 1. The molecule has 0 aliphatic carbocycles. The summed E-state index contributed by atoms with van der Waals surface area (Å²) in [5.74, 6) is 0.626. The number of hydrogen-bond acceptors (Lipinski definition) is 6. The van der Waals surface area contributed by atoms with Crippen molar-refractivity contribution in [2.75, 3.05) is 6.54 Å². The summed E-state index contributed by atoms with van der Waals surface area (Å²) in [6.07, 6.45) is 1.82. The van der Waals surface area contributed by atoms with E-state index in [-0.39, 0.29) is 17.4 Å². The summed E-state index contributed by atoms with van der Waals surface area (Å²) < 4.78 is 26.7. The van der Waals surface area contributed by atoms with Gasteiger partial charge in [-0.25, -0.2) is 18.1 Å². The van der Waals surface area contributed by atoms with E-state index >= 15 is 0 Å². The Balaban J connectivity index is 2.01. The van der Waals surface area contributed by atoms with Gasteiger partial charge < -0.3 is 5.11 Å². The van der Waals surface area contributed by atoms with Crippen molar-refractivity contribution in [1.82, 2.24) is 19.9 Å². The molecule has 0 amide bonds. The molecule has 2 aromatic rings. The van der Waals surface area contributed by atoms with Gasteiger partial charge in [0.15, 0.2) is 0 Å². The Labute approximate surface area is 114 Å². The van der Waals surface area contributed by atoms with Gasteiger partial charge in [0.25, 0.3) is 0 Å². The average Bonchev–Trinajstić information content (AvgIpc) is 2.98. The molecule has 9 heteroatoms. The second-order valence-electron chi connectivity index (χ2n) is 3.91. The zero-order valence-electron chi connectivity index (χ0n) is 10.3. The third kappa shape index (κ3) is 3.38. The van der Waals surface area contributed by atoms with E-state index in [1.54, 1.807) is 13.0 Å². The van der Waals surface area contributed by atoms with Gasteiger partial charge in [0, 0.05) is 17.8 Å². The van der Waals surface area contributed by atoms with Crippen LogP contribution in [0.2, 0.25) is 0 Å². The minimum absolute atomic E-state index is 0.149. The molecule has 0 unspecified atom stereocenters. The summed E-state index contributed by atoms with van der Waals surface area (Å²) in [4.78, 5) is 4.57. The maximum atomic E-state index is 12.0. The van der Waals surface area contributed by atoms with E-state index < -0.39 is 10.0 Å². The van der Waals surface area contributed by atoms with Crippen molar-refractivity contribution in [3.05, 3.63) is 28.7 Å². The van der Waals surface area contributed by atoms with Gasteiger partial charge in [-0.3, -0.25) is 5.10 Å². The highest BCUT2D eigenvalue weighted by molar-refractivity contribution is 7.91. The number of hydrogen-bond donors (Lipinski definition) is 3. The van der Waals surface area contributed by atoms with Crippen LogP contribution in [0.1, 0.15) is 16.3 Å². The molecule has 0 radical (unpaired) electrons. The molecule has 0 aromatic carbocycles. The van der Waals surface area contributed by atoms with E-state index in [4.69, 9.17) is 5.11 Å². The Hall–Kier alpha value is -1.29. The zero-order chi connectivity index (χ0) is 13.9. The fourth-order valence-electron chi connectivity index (χ4n) is 1.50. The number of aromatic nitrogens is 3. The molecule has 2 aromatic heterocycles. The van der Waals surface area contributed by atoms with Gasteiger partial charge in [-0.15, -0.1) is 11.3 Å². The number of thiophene rings is 1. The second-order valence-corrected chi connectivity index (χ2v) is 7.04. The molecular weight excluding hydrogens is 288 g/mol. The fourth-order valence-corrected chi connectivity index (χ4v) is 4.03. The lowest BCUT2D eigenvalue weighted by atomic mass is 10.3. The highest BCUT2D eigenvalue weighted by Gasteiger charge is 2.18. The highest BCUT2D eigenvalue weighted by Crippen LogP contribution is 2.25. The van der Waals surface area contributed by atoms with Crippen LogP contribution in [0.25, 0.3) is 0 Å². The van der Waals surface area contributed by atoms with Crippen molar-refractivity contribution in [3.63, 3.8) is 0 Å². The first-order valence-electron chi connectivity index (χ1n) is 5.57. The standard InChI is InChI=1S/C10H14N4O3S2/c1-7-4-10(18-8(7)5-15)19(16,17)13-3-2-9-11-6-12-14-9/h4,6,13,15H,2-3,5H2,1H3,(H,11,12,14). The Bertz CT molecular complexity index is 634. The molecule has 0 saturated carbocycles. The first-order chi connectivity index (χ1) is 9.03. The van der Waals surface area contributed by atoms with Crippen LogP contribution in [-0.4, -0.2) is 35.3 Å². The fraction of sp³-hybridized carbons (Fsp3) is 0.400. The molecule has 2 rings (SSSR count). The summed E-state index contributed by atoms with van der Waals surface area (Å²) in [5, 5.41) is 15.4. The number of aliphatic hydroxyl groups excluding tert-OH is 1. The van der Waals surface area contributed by atoms with E-state index in [0.29, 0.717) is 17.1 Å². The number of nitrogens with zero attached hydrogens (tertiary/aromatic N) is 2. The Kier molecular flexibility index (Phi) is 4.30. The molecule has 2 heterocycles. The van der Waals surface area contributed by atoms with Gasteiger partial charge in [0.2, 0.25) is 10.0 Å². The SMILES string of the molecule is Cc1cc(S(=O)(=O)NCCc2ncn[nH]2)sc1CO. The van der Waals surface area contributed by atoms with Gasteiger partial charge in [0.05, 0.1) is 6.61 Å². The van der Waals surface area contributed by atoms with Crippen molar-refractivity contribution in [1.29, 1.82) is 0 Å². The van der Waals surface area contributed by atoms with Crippen molar-refractivity contribution >= 4 is 21.4 Å². The summed E-state index contributed by atoms with van der Waals surface area (Å²) in [7, 11) is -3.53. The second kappa shape index (κ2) is 5.78. The largest absolute Gasteiger partial charge is 0.391 e. The van der Waals surface area contributed by atoms with Crippen molar-refractivity contribution in [3.8, 4) is 0 Å². The van der Waals surface area contributed by atoms with Crippen LogP contribution in [0.3, 0.4) is 0 Å². The Morgan fingerprint density at radius 2 is 2.32 bits per heavy atom.